The highest BCUT2D eigenvalue weighted by Crippen LogP contribution is 2.29. The van der Waals surface area contributed by atoms with Crippen LogP contribution in [0.2, 0.25) is 5.15 Å². The van der Waals surface area contributed by atoms with Gasteiger partial charge in [0, 0.05) is 6.54 Å². The topological polar surface area (TPSA) is 68.3 Å². The van der Waals surface area contributed by atoms with E-state index in [1.54, 1.807) is 0 Å². The van der Waals surface area contributed by atoms with Gasteiger partial charge in [0.05, 0.1) is 24.8 Å². The van der Waals surface area contributed by atoms with Gasteiger partial charge in [0.25, 0.3) is 5.91 Å². The van der Waals surface area contributed by atoms with Crippen molar-refractivity contribution < 1.29 is 18.7 Å². The molecule has 0 spiro atoms. The van der Waals surface area contributed by atoms with Crippen molar-refractivity contribution in [3.8, 4) is 0 Å². The van der Waals surface area contributed by atoms with Crippen molar-refractivity contribution in [3.05, 3.63) is 28.8 Å². The largest absolute Gasteiger partial charge is 0.469 e. The lowest BCUT2D eigenvalue weighted by Crippen LogP contribution is -2.33. The van der Waals surface area contributed by atoms with Crippen molar-refractivity contribution in [2.45, 2.75) is 25.7 Å². The van der Waals surface area contributed by atoms with Gasteiger partial charge in [-0.25, -0.2) is 9.37 Å². The second-order valence-corrected chi connectivity index (χ2v) is 5.80. The molecule has 1 N–H and O–H groups in total. The number of carbonyl (C=O) groups excluding carboxylic acids is 2. The molecule has 1 fully saturated rings. The fraction of sp³-hybridized carbons (Fsp3) is 0.533. The molecule has 0 atom stereocenters. The Morgan fingerprint density at radius 2 is 2.09 bits per heavy atom. The Kier molecular flexibility index (Phi) is 5.71. The standard InChI is InChI=1S/C15H18ClFN2O3/c1-22-15(21)10-4-2-9(3-5-10)7-19-14(20)12-6-11(17)8-18-13(12)16/h6,8-10H,2-5,7H2,1H3,(H,19,20). The van der Waals surface area contributed by atoms with Gasteiger partial charge in [0.2, 0.25) is 0 Å². The van der Waals surface area contributed by atoms with Gasteiger partial charge < -0.3 is 10.1 Å². The minimum absolute atomic E-state index is 0.0201. The second-order valence-electron chi connectivity index (χ2n) is 5.44. The van der Waals surface area contributed by atoms with Crippen LogP contribution in [0, 0.1) is 17.7 Å². The first-order chi connectivity index (χ1) is 10.5. The Hall–Kier alpha value is -1.69. The molecule has 22 heavy (non-hydrogen) atoms. The van der Waals surface area contributed by atoms with E-state index in [1.165, 1.54) is 7.11 Å². The van der Waals surface area contributed by atoms with Gasteiger partial charge >= 0.3 is 5.97 Å². The summed E-state index contributed by atoms with van der Waals surface area (Å²) >= 11 is 5.79. The molecule has 1 aliphatic carbocycles. The molecule has 0 saturated heterocycles. The zero-order valence-corrected chi connectivity index (χ0v) is 13.0. The summed E-state index contributed by atoms with van der Waals surface area (Å²) in [6, 6.07) is 1.07. The highest BCUT2D eigenvalue weighted by molar-refractivity contribution is 6.32. The van der Waals surface area contributed by atoms with Crippen LogP contribution >= 0.6 is 11.6 Å². The first-order valence-electron chi connectivity index (χ1n) is 7.18. The molecule has 1 aliphatic rings. The van der Waals surface area contributed by atoms with Gasteiger partial charge in [0.1, 0.15) is 11.0 Å². The quantitative estimate of drug-likeness (QED) is 0.681. The molecule has 0 unspecified atom stereocenters. The van der Waals surface area contributed by atoms with E-state index in [-0.39, 0.29) is 22.6 Å². The van der Waals surface area contributed by atoms with E-state index in [0.29, 0.717) is 12.5 Å². The number of carbonyl (C=O) groups is 2. The molecule has 0 bridgehead atoms. The van der Waals surface area contributed by atoms with Crippen LogP contribution in [0.4, 0.5) is 4.39 Å². The molecule has 2 rings (SSSR count). The minimum atomic E-state index is -0.604. The highest BCUT2D eigenvalue weighted by Gasteiger charge is 2.27. The van der Waals surface area contributed by atoms with Gasteiger partial charge in [-0.1, -0.05) is 11.6 Å². The normalized spacial score (nSPS) is 21.2. The number of methoxy groups -OCH3 is 1. The summed E-state index contributed by atoms with van der Waals surface area (Å²) in [4.78, 5) is 27.1. The van der Waals surface area contributed by atoms with Crippen molar-refractivity contribution in [2.75, 3.05) is 13.7 Å². The maximum Gasteiger partial charge on any atom is 0.308 e. The molecule has 1 saturated carbocycles. The number of ether oxygens (including phenoxy) is 1. The third-order valence-electron chi connectivity index (χ3n) is 3.98. The van der Waals surface area contributed by atoms with Gasteiger partial charge in [-0.15, -0.1) is 0 Å². The van der Waals surface area contributed by atoms with Gasteiger partial charge in [-0.05, 0) is 37.7 Å². The van der Waals surface area contributed by atoms with Crippen molar-refractivity contribution in [1.82, 2.24) is 10.3 Å². The van der Waals surface area contributed by atoms with Gasteiger partial charge in [-0.2, -0.15) is 0 Å². The van der Waals surface area contributed by atoms with Crippen LogP contribution in [-0.4, -0.2) is 30.5 Å². The molecule has 1 heterocycles. The molecule has 1 aromatic rings. The molecule has 0 aliphatic heterocycles. The van der Waals surface area contributed by atoms with Crippen molar-refractivity contribution in [3.63, 3.8) is 0 Å². The van der Waals surface area contributed by atoms with Gasteiger partial charge in [0.15, 0.2) is 0 Å². The third kappa shape index (κ3) is 4.16. The maximum atomic E-state index is 13.1. The molecular weight excluding hydrogens is 311 g/mol. The first kappa shape index (κ1) is 16.7. The van der Waals surface area contributed by atoms with Crippen LogP contribution in [-0.2, 0) is 9.53 Å². The van der Waals surface area contributed by atoms with Crippen LogP contribution in [0.5, 0.6) is 0 Å². The smallest absolute Gasteiger partial charge is 0.308 e. The fourth-order valence-corrected chi connectivity index (χ4v) is 2.87. The number of aromatic nitrogens is 1. The zero-order chi connectivity index (χ0) is 16.1. The monoisotopic (exact) mass is 328 g/mol. The Morgan fingerprint density at radius 3 is 2.73 bits per heavy atom. The SMILES string of the molecule is COC(=O)C1CCC(CNC(=O)c2cc(F)cnc2Cl)CC1. The predicted octanol–water partition coefficient (Wildman–Crippen LogP) is 2.58. The average molecular weight is 329 g/mol. The van der Waals surface area contributed by atoms with Crippen LogP contribution in [0.3, 0.4) is 0 Å². The number of rotatable bonds is 4. The van der Waals surface area contributed by atoms with E-state index in [0.717, 1.165) is 37.9 Å². The van der Waals surface area contributed by atoms with Crippen LogP contribution in [0.1, 0.15) is 36.0 Å². The molecule has 7 heteroatoms. The lowest BCUT2D eigenvalue weighted by molar-refractivity contribution is -0.146. The van der Waals surface area contributed by atoms with E-state index >= 15 is 0 Å². The maximum absolute atomic E-state index is 13.1. The molecule has 0 aromatic carbocycles. The van der Waals surface area contributed by atoms with E-state index in [4.69, 9.17) is 16.3 Å². The Balaban J connectivity index is 1.83. The van der Waals surface area contributed by atoms with Crippen molar-refractivity contribution in [2.24, 2.45) is 11.8 Å². The highest BCUT2D eigenvalue weighted by atomic mass is 35.5. The number of nitrogens with one attached hydrogen (secondary N) is 1. The molecule has 0 radical (unpaired) electrons. The van der Waals surface area contributed by atoms with Crippen molar-refractivity contribution >= 4 is 23.5 Å². The number of halogens is 2. The van der Waals surface area contributed by atoms with Crippen LogP contribution < -0.4 is 5.32 Å². The summed E-state index contributed by atoms with van der Waals surface area (Å²) in [7, 11) is 1.39. The van der Waals surface area contributed by atoms with E-state index < -0.39 is 11.7 Å². The summed E-state index contributed by atoms with van der Waals surface area (Å²) in [5.74, 6) is -0.954. The van der Waals surface area contributed by atoms with Crippen molar-refractivity contribution in [1.29, 1.82) is 0 Å². The number of esters is 1. The Labute approximate surface area is 133 Å². The Morgan fingerprint density at radius 1 is 1.41 bits per heavy atom. The molecule has 1 aromatic heterocycles. The van der Waals surface area contributed by atoms with Crippen LogP contribution in [0.25, 0.3) is 0 Å². The summed E-state index contributed by atoms with van der Waals surface area (Å²) < 4.78 is 17.8. The van der Waals surface area contributed by atoms with E-state index in [2.05, 4.69) is 10.3 Å². The fourth-order valence-electron chi connectivity index (χ4n) is 2.68. The molecule has 120 valence electrons. The summed E-state index contributed by atoms with van der Waals surface area (Å²) in [6.45, 7) is 0.472. The third-order valence-corrected chi connectivity index (χ3v) is 4.28. The second kappa shape index (κ2) is 7.54. The lowest BCUT2D eigenvalue weighted by atomic mass is 9.82. The first-order valence-corrected chi connectivity index (χ1v) is 7.56. The molecule has 1 amide bonds. The minimum Gasteiger partial charge on any atom is -0.469 e. The predicted molar refractivity (Wildman–Crippen MR) is 79.0 cm³/mol. The summed E-state index contributed by atoms with van der Waals surface area (Å²) in [6.07, 6.45) is 4.17. The van der Waals surface area contributed by atoms with E-state index in [1.807, 2.05) is 0 Å². The van der Waals surface area contributed by atoms with E-state index in [9.17, 15) is 14.0 Å². The van der Waals surface area contributed by atoms with Crippen LogP contribution in [0.15, 0.2) is 12.3 Å². The lowest BCUT2D eigenvalue weighted by Gasteiger charge is -2.26. The number of hydrogen-bond acceptors (Lipinski definition) is 4. The Bertz CT molecular complexity index is 560. The molecular formula is C15H18ClFN2O3. The average Bonchev–Trinajstić information content (AvgIpc) is 2.54. The van der Waals surface area contributed by atoms with Gasteiger partial charge in [-0.3, -0.25) is 9.59 Å². The number of amides is 1. The number of nitrogens with zero attached hydrogens (tertiary/aromatic N) is 1. The zero-order valence-electron chi connectivity index (χ0n) is 12.3. The number of hydrogen-bond donors (Lipinski definition) is 1. The molecule has 5 nitrogen and oxygen atoms in total. The summed E-state index contributed by atoms with van der Waals surface area (Å²) in [5, 5.41) is 2.73. The summed E-state index contributed by atoms with van der Waals surface area (Å²) in [5.41, 5.74) is 0.0323. The number of pyridine rings is 1.